The lowest BCUT2D eigenvalue weighted by Crippen LogP contribution is -2.57. The molecular weight excluding hydrogens is 468 g/mol. The van der Waals surface area contributed by atoms with E-state index in [0.29, 0.717) is 13.0 Å². The second-order valence-electron chi connectivity index (χ2n) is 10.8. The van der Waals surface area contributed by atoms with Gasteiger partial charge in [-0.2, -0.15) is 0 Å². The van der Waals surface area contributed by atoms with E-state index in [1.165, 1.54) is 4.90 Å². The van der Waals surface area contributed by atoms with Crippen LogP contribution in [0.5, 0.6) is 0 Å². The van der Waals surface area contributed by atoms with E-state index in [0.717, 1.165) is 47.7 Å². The van der Waals surface area contributed by atoms with E-state index < -0.39 is 17.7 Å². The van der Waals surface area contributed by atoms with Crippen molar-refractivity contribution < 1.29 is 14.7 Å². The topological polar surface area (TPSA) is 112 Å². The van der Waals surface area contributed by atoms with Crippen molar-refractivity contribution in [2.75, 3.05) is 11.9 Å². The molecule has 2 heterocycles. The number of hydrogen-bond donors (Lipinski definition) is 3. The number of nitrogens with one attached hydrogen (secondary N) is 2. The molecule has 1 aromatic carbocycles. The van der Waals surface area contributed by atoms with Crippen molar-refractivity contribution in [3.05, 3.63) is 48.2 Å². The number of imidazole rings is 1. The third kappa shape index (κ3) is 7.21. The van der Waals surface area contributed by atoms with E-state index in [1.54, 1.807) is 27.0 Å². The first-order chi connectivity index (χ1) is 17.5. The Morgan fingerprint density at radius 1 is 1.11 bits per heavy atom. The van der Waals surface area contributed by atoms with Crippen LogP contribution < -0.4 is 10.6 Å². The monoisotopic (exact) mass is 508 g/mol. The Kier molecular flexibility index (Phi) is 9.13. The minimum Gasteiger partial charge on any atom is -0.465 e. The number of rotatable bonds is 11. The molecule has 2 amide bonds. The van der Waals surface area contributed by atoms with Crippen LogP contribution in [-0.4, -0.2) is 54.7 Å². The zero-order valence-electron chi connectivity index (χ0n) is 22.8. The van der Waals surface area contributed by atoms with Gasteiger partial charge in [0.15, 0.2) is 5.65 Å². The number of carboxylic acid groups (broad SMARTS) is 1. The Labute approximate surface area is 219 Å². The van der Waals surface area contributed by atoms with Crippen molar-refractivity contribution in [2.24, 2.45) is 5.92 Å². The van der Waals surface area contributed by atoms with Gasteiger partial charge in [0.1, 0.15) is 11.9 Å². The van der Waals surface area contributed by atoms with Crippen molar-refractivity contribution in [3.63, 3.8) is 0 Å². The third-order valence-corrected chi connectivity index (χ3v) is 6.15. The molecule has 3 N–H and O–H groups in total. The van der Waals surface area contributed by atoms with Crippen molar-refractivity contribution in [1.29, 1.82) is 0 Å². The molecule has 0 saturated carbocycles. The van der Waals surface area contributed by atoms with Crippen LogP contribution in [0.4, 0.5) is 10.6 Å². The molecule has 9 nitrogen and oxygen atoms in total. The average molecular weight is 509 g/mol. The molecule has 2 aromatic heterocycles. The fourth-order valence-electron chi connectivity index (χ4n) is 4.32. The molecule has 9 heteroatoms. The highest BCUT2D eigenvalue weighted by molar-refractivity contribution is 5.85. The number of hydrogen-bond acceptors (Lipinski definition) is 5. The molecule has 200 valence electrons. The first-order valence-corrected chi connectivity index (χ1v) is 13.0. The van der Waals surface area contributed by atoms with Crippen LogP contribution in [0, 0.1) is 5.92 Å². The fourth-order valence-corrected chi connectivity index (χ4v) is 4.32. The maximum absolute atomic E-state index is 13.1. The molecule has 0 aliphatic carbocycles. The van der Waals surface area contributed by atoms with E-state index in [2.05, 4.69) is 22.5 Å². The van der Waals surface area contributed by atoms with Crippen LogP contribution >= 0.6 is 0 Å². The summed E-state index contributed by atoms with van der Waals surface area (Å²) in [4.78, 5) is 30.9. The molecule has 37 heavy (non-hydrogen) atoms. The molecule has 3 rings (SSSR count). The highest BCUT2D eigenvalue weighted by atomic mass is 16.4. The van der Waals surface area contributed by atoms with E-state index in [-0.39, 0.29) is 11.8 Å². The van der Waals surface area contributed by atoms with Crippen LogP contribution in [0.15, 0.2) is 42.6 Å². The van der Waals surface area contributed by atoms with Crippen LogP contribution in [0.25, 0.3) is 16.9 Å². The van der Waals surface area contributed by atoms with E-state index >= 15 is 0 Å². The van der Waals surface area contributed by atoms with E-state index in [4.69, 9.17) is 5.10 Å². The Hall–Kier alpha value is -3.62. The predicted octanol–water partition coefficient (Wildman–Crippen LogP) is 5.42. The number of amides is 2. The third-order valence-electron chi connectivity index (χ3n) is 6.15. The number of anilines is 1. The van der Waals surface area contributed by atoms with E-state index in [9.17, 15) is 14.7 Å². The van der Waals surface area contributed by atoms with Crippen LogP contribution in [0.1, 0.15) is 66.4 Å². The van der Waals surface area contributed by atoms with Crippen molar-refractivity contribution in [2.45, 2.75) is 78.9 Å². The highest BCUT2D eigenvalue weighted by Gasteiger charge is 2.37. The summed E-state index contributed by atoms with van der Waals surface area (Å²) in [7, 11) is 0. The SMILES string of the molecule is CCCCNc1ccc2ncc(-c3ccc(CNC(=O)[C@@H](CC(C)C)N(C(=O)O)C(C)(C)C)cc3)n2n1. The average Bonchev–Trinajstić information content (AvgIpc) is 3.24. The molecule has 0 spiro atoms. The Morgan fingerprint density at radius 3 is 2.41 bits per heavy atom. The van der Waals surface area contributed by atoms with Crippen LogP contribution in [-0.2, 0) is 11.3 Å². The van der Waals surface area contributed by atoms with E-state index in [1.807, 2.05) is 54.8 Å². The Morgan fingerprint density at radius 2 is 1.81 bits per heavy atom. The number of aromatic nitrogens is 3. The number of carbonyl (C=O) groups is 2. The minimum atomic E-state index is -1.09. The first-order valence-electron chi connectivity index (χ1n) is 13.0. The zero-order chi connectivity index (χ0) is 27.2. The molecule has 3 aromatic rings. The number of unbranched alkanes of at least 4 members (excludes halogenated alkanes) is 1. The van der Waals surface area contributed by atoms with Gasteiger partial charge < -0.3 is 15.7 Å². The van der Waals surface area contributed by atoms with Gasteiger partial charge in [0.25, 0.3) is 0 Å². The number of benzene rings is 1. The summed E-state index contributed by atoms with van der Waals surface area (Å²) < 4.78 is 1.83. The summed E-state index contributed by atoms with van der Waals surface area (Å²) in [6.07, 6.45) is 3.36. The lowest BCUT2D eigenvalue weighted by Gasteiger charge is -2.39. The predicted molar refractivity (Wildman–Crippen MR) is 147 cm³/mol. The van der Waals surface area contributed by atoms with Gasteiger partial charge in [-0.25, -0.2) is 14.3 Å². The number of carbonyl (C=O) groups excluding carboxylic acids is 1. The smallest absolute Gasteiger partial charge is 0.408 e. The van der Waals surface area contributed by atoms with Gasteiger partial charge >= 0.3 is 6.09 Å². The molecule has 0 bridgehead atoms. The minimum absolute atomic E-state index is 0.167. The normalized spacial score (nSPS) is 12.5. The summed E-state index contributed by atoms with van der Waals surface area (Å²) >= 11 is 0. The molecule has 0 saturated heterocycles. The molecule has 0 fully saturated rings. The fraction of sp³-hybridized carbons (Fsp3) is 0.500. The lowest BCUT2D eigenvalue weighted by molar-refractivity contribution is -0.128. The van der Waals surface area contributed by atoms with Gasteiger partial charge in [0.05, 0.1) is 11.9 Å². The molecule has 0 unspecified atom stereocenters. The lowest BCUT2D eigenvalue weighted by atomic mass is 9.96. The largest absolute Gasteiger partial charge is 0.465 e. The highest BCUT2D eigenvalue weighted by Crippen LogP contribution is 2.24. The van der Waals surface area contributed by atoms with Crippen LogP contribution in [0.3, 0.4) is 0 Å². The van der Waals surface area contributed by atoms with Crippen molar-refractivity contribution >= 4 is 23.5 Å². The Balaban J connectivity index is 1.73. The van der Waals surface area contributed by atoms with Crippen molar-refractivity contribution in [1.82, 2.24) is 24.8 Å². The van der Waals surface area contributed by atoms with Gasteiger partial charge in [-0.3, -0.25) is 9.69 Å². The summed E-state index contributed by atoms with van der Waals surface area (Å²) in [6.45, 7) is 12.7. The maximum atomic E-state index is 13.1. The van der Waals surface area contributed by atoms with Crippen molar-refractivity contribution in [3.8, 4) is 11.3 Å². The first kappa shape index (κ1) is 28.0. The summed E-state index contributed by atoms with van der Waals surface area (Å²) in [6, 6.07) is 11.0. The molecular formula is C28H40N6O3. The number of nitrogens with zero attached hydrogens (tertiary/aromatic N) is 4. The van der Waals surface area contributed by atoms with Gasteiger partial charge in [-0.1, -0.05) is 51.5 Å². The second kappa shape index (κ2) is 12.1. The van der Waals surface area contributed by atoms with Gasteiger partial charge in [-0.05, 0) is 57.2 Å². The Bertz CT molecular complexity index is 1200. The second-order valence-corrected chi connectivity index (χ2v) is 10.8. The molecule has 1 atom stereocenters. The molecule has 0 aliphatic heterocycles. The van der Waals surface area contributed by atoms with Crippen LogP contribution in [0.2, 0.25) is 0 Å². The molecule has 0 aliphatic rings. The number of fused-ring (bicyclic) bond motifs is 1. The quantitative estimate of drug-likeness (QED) is 0.298. The van der Waals surface area contributed by atoms with Gasteiger partial charge in [0.2, 0.25) is 5.91 Å². The summed E-state index contributed by atoms with van der Waals surface area (Å²) in [5, 5.41) is 20.8. The van der Waals surface area contributed by atoms with Gasteiger partial charge in [0, 0.05) is 24.2 Å². The maximum Gasteiger partial charge on any atom is 0.408 e. The summed E-state index contributed by atoms with van der Waals surface area (Å²) in [5.74, 6) is 0.686. The summed E-state index contributed by atoms with van der Waals surface area (Å²) in [5.41, 5.74) is 2.83. The zero-order valence-corrected chi connectivity index (χ0v) is 22.8. The standard InChI is InChI=1S/C28H40N6O3/c1-7-8-15-29-24-13-14-25-30-18-23(34(25)32-24)21-11-9-20(10-12-21)17-31-26(35)22(16-19(2)3)33(27(36)37)28(4,5)6/h9-14,18-19,22H,7-8,15-17H2,1-6H3,(H,29,32)(H,31,35)(H,36,37)/t22-/m1/s1. The molecule has 0 radical (unpaired) electrons. The van der Waals surface area contributed by atoms with Gasteiger partial charge in [-0.15, -0.1) is 5.10 Å².